The van der Waals surface area contributed by atoms with Gasteiger partial charge in [0, 0.05) is 52.4 Å². The van der Waals surface area contributed by atoms with Crippen molar-refractivity contribution in [1.29, 1.82) is 0 Å². The molecule has 72 heavy (non-hydrogen) atoms. The Balaban J connectivity index is 1.03. The van der Waals surface area contributed by atoms with Crippen LogP contribution in [0.2, 0.25) is 0 Å². The van der Waals surface area contributed by atoms with Crippen LogP contribution in [0.1, 0.15) is 126 Å². The molecule has 0 aliphatic carbocycles. The maximum atomic E-state index is 6.05. The van der Waals surface area contributed by atoms with E-state index < -0.39 is 0 Å². The molecule has 0 amide bonds. The van der Waals surface area contributed by atoms with E-state index in [1.807, 2.05) is 48.5 Å². The maximum absolute atomic E-state index is 6.05. The number of thiocarbonyl (C=S) groups is 4. The van der Waals surface area contributed by atoms with Crippen LogP contribution in [0.15, 0.2) is 118 Å². The third kappa shape index (κ3) is 18.1. The van der Waals surface area contributed by atoms with Gasteiger partial charge in [0.25, 0.3) is 0 Å². The summed E-state index contributed by atoms with van der Waals surface area (Å²) in [6.07, 6.45) is 17.7. The van der Waals surface area contributed by atoms with Gasteiger partial charge in [-0.1, -0.05) is 139 Å². The van der Waals surface area contributed by atoms with Crippen LogP contribution in [0.25, 0.3) is 0 Å². The van der Waals surface area contributed by atoms with Crippen LogP contribution in [0, 0.1) is 11.8 Å². The Labute approximate surface area is 451 Å². The number of hydrogen-bond donors (Lipinski definition) is 4. The molecule has 384 valence electrons. The van der Waals surface area contributed by atoms with E-state index in [1.54, 1.807) is 0 Å². The monoisotopic (exact) mass is 1040 g/mol. The molecular weight excluding hydrogens is 969 g/mol. The largest absolute Gasteiger partial charge is 0.358 e. The fraction of sp³-hybridized carbons (Fsp3) is 0.500. The van der Waals surface area contributed by atoms with E-state index in [4.69, 9.17) is 48.9 Å². The van der Waals surface area contributed by atoms with E-state index in [9.17, 15) is 0 Å². The number of hydrogen-bond acceptors (Lipinski definition) is 8. The topological polar surface area (TPSA) is 111 Å². The number of benzene rings is 4. The van der Waals surface area contributed by atoms with E-state index in [2.05, 4.69) is 124 Å². The number of unbranched alkanes of at least 4 members (excludes halogenated alkanes) is 10. The second-order valence-electron chi connectivity index (χ2n) is 19.7. The molecule has 12 nitrogen and oxygen atoms in total. The Bertz CT molecular complexity index is 2060. The van der Waals surface area contributed by atoms with Gasteiger partial charge in [0.2, 0.25) is 0 Å². The highest BCUT2D eigenvalue weighted by molar-refractivity contribution is 7.80. The van der Waals surface area contributed by atoms with Crippen LogP contribution >= 0.6 is 48.9 Å². The average molecular weight is 1050 g/mol. The van der Waals surface area contributed by atoms with Crippen molar-refractivity contribution in [3.05, 3.63) is 119 Å². The van der Waals surface area contributed by atoms with Gasteiger partial charge in [-0.2, -0.15) is 20.5 Å². The number of rotatable bonds is 14. The summed E-state index contributed by atoms with van der Waals surface area (Å²) in [7, 11) is 0. The molecule has 4 N–H and O–H groups in total. The molecule has 9 aliphatic rings. The van der Waals surface area contributed by atoms with Crippen molar-refractivity contribution in [3.63, 3.8) is 0 Å². The van der Waals surface area contributed by atoms with Crippen LogP contribution in [-0.2, 0) is 26.2 Å². The Hall–Kier alpha value is -5.16. The first-order valence-electron chi connectivity index (χ1n) is 26.5. The highest BCUT2D eigenvalue weighted by Gasteiger charge is 2.30. The van der Waals surface area contributed by atoms with Gasteiger partial charge in [-0.15, -0.1) is 0 Å². The predicted molar refractivity (Wildman–Crippen MR) is 311 cm³/mol. The summed E-state index contributed by atoms with van der Waals surface area (Å²) in [5.74, 6) is 0.916. The molecule has 0 radical (unpaired) electrons. The third-order valence-electron chi connectivity index (χ3n) is 13.8. The Morgan fingerprint density at radius 1 is 0.361 bits per heavy atom. The first kappa shape index (κ1) is 54.6. The van der Waals surface area contributed by atoms with E-state index >= 15 is 0 Å². The lowest BCUT2D eigenvalue weighted by Crippen LogP contribution is -2.57. The minimum Gasteiger partial charge on any atom is -0.358 e. The van der Waals surface area contributed by atoms with Crippen molar-refractivity contribution in [1.82, 2.24) is 40.9 Å². The summed E-state index contributed by atoms with van der Waals surface area (Å²) in [6.45, 7) is 11.9. The third-order valence-corrected chi connectivity index (χ3v) is 15.4. The quantitative estimate of drug-likeness (QED) is 0.0713. The molecule has 12 bridgehead atoms. The van der Waals surface area contributed by atoms with E-state index in [0.29, 0.717) is 51.4 Å². The standard InChI is InChI=1S/C56H76N12S4/c1-3-5-7-9-11-13-15-47-37-65-41-66(38-47)54(70)58-34-44-19-27-50(28-20-44)62-64-52-31-23-46(24-32-52)36-60-56(72)68-40-48(16-14-12-10-8-6-4-2)39-67(42-68)55(71)59-35-45-21-29-51(30-22-45)63-61-49-25-17-43(18-26-49)33-57-53(65)69/h17-32,47-48H,3-16,33-42H2,1-2H3,(H,57,69)(H,58,70)(H,59,71)(H,60,72). The predicted octanol–water partition coefficient (Wildman–Crippen LogP) is 13.6. The second kappa shape index (κ2) is 29.5. The molecule has 4 aromatic rings. The highest BCUT2D eigenvalue weighted by atomic mass is 32.1. The Morgan fingerprint density at radius 2 is 0.597 bits per heavy atom. The van der Waals surface area contributed by atoms with Crippen LogP contribution in [0.3, 0.4) is 0 Å². The van der Waals surface area contributed by atoms with Gasteiger partial charge in [-0.25, -0.2) is 0 Å². The Kier molecular flexibility index (Phi) is 22.4. The summed E-state index contributed by atoms with van der Waals surface area (Å²) >= 11 is 24.2. The fourth-order valence-corrected chi connectivity index (χ4v) is 10.3. The van der Waals surface area contributed by atoms with Crippen molar-refractivity contribution in [3.8, 4) is 0 Å². The fourth-order valence-electron chi connectivity index (χ4n) is 9.50. The first-order valence-corrected chi connectivity index (χ1v) is 28.1. The molecule has 13 rings (SSSR count). The molecule has 0 atom stereocenters. The molecule has 0 unspecified atom stereocenters. The molecular formula is C56H76N12S4. The summed E-state index contributed by atoms with van der Waals surface area (Å²) in [5.41, 5.74) is 7.62. The molecule has 0 saturated carbocycles. The lowest BCUT2D eigenvalue weighted by Gasteiger charge is -2.42. The van der Waals surface area contributed by atoms with Crippen molar-refractivity contribution >= 4 is 92.1 Å². The summed E-state index contributed by atoms with van der Waals surface area (Å²) in [5, 5.41) is 35.3. The SMILES string of the molecule is CCCCCCCCC1CN2CN(C1)C(=S)NCc1ccc(cc1)N=Nc1ccc(cc1)CNC(=S)N1CC(CCCCCCCC)CN(C1)C(=S)NCc1ccc(cc1)N=Nc1ccc(cc1)CNC2=S. The van der Waals surface area contributed by atoms with E-state index in [0.717, 1.165) is 104 Å². The average Bonchev–Trinajstić information content (AvgIpc) is 3.41. The van der Waals surface area contributed by atoms with Crippen molar-refractivity contribution in [2.24, 2.45) is 32.3 Å². The zero-order chi connectivity index (χ0) is 50.3. The molecule has 16 heteroatoms. The van der Waals surface area contributed by atoms with Gasteiger partial charge in [-0.3, -0.25) is 0 Å². The first-order chi connectivity index (χ1) is 35.2. The maximum Gasteiger partial charge on any atom is 0.170 e. The van der Waals surface area contributed by atoms with Gasteiger partial charge in [0.05, 0.1) is 36.1 Å². The zero-order valence-corrected chi connectivity index (χ0v) is 45.8. The van der Waals surface area contributed by atoms with Crippen LogP contribution in [0.5, 0.6) is 0 Å². The highest BCUT2D eigenvalue weighted by Crippen LogP contribution is 2.25. The lowest BCUT2D eigenvalue weighted by molar-refractivity contribution is 0.145. The minimum atomic E-state index is 0.458. The summed E-state index contributed by atoms with van der Waals surface area (Å²) in [4.78, 5) is 9.10. The number of azo groups is 2. The molecule has 9 aliphatic heterocycles. The molecule has 0 aromatic heterocycles. The van der Waals surface area contributed by atoms with Crippen LogP contribution in [0.4, 0.5) is 22.7 Å². The van der Waals surface area contributed by atoms with Crippen molar-refractivity contribution < 1.29 is 0 Å². The summed E-state index contributed by atoms with van der Waals surface area (Å²) in [6, 6.07) is 32.6. The second-order valence-corrected chi connectivity index (χ2v) is 21.3. The molecule has 9 heterocycles. The molecule has 0 spiro atoms. The Morgan fingerprint density at radius 3 is 0.847 bits per heavy atom. The van der Waals surface area contributed by atoms with Crippen LogP contribution < -0.4 is 21.3 Å². The number of nitrogens with zero attached hydrogens (tertiary/aromatic N) is 8. The van der Waals surface area contributed by atoms with Gasteiger partial charge < -0.3 is 40.9 Å². The zero-order valence-electron chi connectivity index (χ0n) is 42.6. The molecule has 2 fully saturated rings. The number of nitrogens with one attached hydrogen (secondary N) is 4. The van der Waals surface area contributed by atoms with Gasteiger partial charge >= 0.3 is 0 Å². The van der Waals surface area contributed by atoms with Crippen molar-refractivity contribution in [2.45, 2.75) is 130 Å². The lowest BCUT2D eigenvalue weighted by atomic mass is 9.97. The van der Waals surface area contributed by atoms with Gasteiger partial charge in [-0.05, 0) is 144 Å². The minimum absolute atomic E-state index is 0.458. The van der Waals surface area contributed by atoms with Gasteiger partial charge in [0.15, 0.2) is 20.4 Å². The summed E-state index contributed by atoms with van der Waals surface area (Å²) < 4.78 is 0. The van der Waals surface area contributed by atoms with Gasteiger partial charge in [0.1, 0.15) is 0 Å². The normalized spacial score (nSPS) is 18.4. The van der Waals surface area contributed by atoms with Crippen molar-refractivity contribution in [2.75, 3.05) is 39.5 Å². The molecule has 2 saturated heterocycles. The molecule has 4 aromatic carbocycles. The van der Waals surface area contributed by atoms with Crippen LogP contribution in [-0.4, -0.2) is 79.6 Å². The van der Waals surface area contributed by atoms with E-state index in [-0.39, 0.29) is 0 Å². The van der Waals surface area contributed by atoms with E-state index in [1.165, 1.54) is 77.0 Å². The smallest absolute Gasteiger partial charge is 0.170 e.